The number of nitrogens with zero attached hydrogens (tertiary/aromatic N) is 2. The van der Waals surface area contributed by atoms with Gasteiger partial charge in [0.1, 0.15) is 17.1 Å². The van der Waals surface area contributed by atoms with Crippen LogP contribution in [0.15, 0.2) is 42.5 Å². The van der Waals surface area contributed by atoms with Gasteiger partial charge in [-0.3, -0.25) is 9.59 Å². The highest BCUT2D eigenvalue weighted by atomic mass is 35.5. The van der Waals surface area contributed by atoms with Crippen molar-refractivity contribution < 1.29 is 19.1 Å². The van der Waals surface area contributed by atoms with Gasteiger partial charge in [-0.15, -0.1) is 0 Å². The Kier molecular flexibility index (Phi) is 8.21. The van der Waals surface area contributed by atoms with E-state index in [0.717, 1.165) is 11.7 Å². The van der Waals surface area contributed by atoms with E-state index in [4.69, 9.17) is 16.3 Å². The molecule has 0 aliphatic carbocycles. The zero-order chi connectivity index (χ0) is 22.2. The molecule has 1 heterocycles. The Morgan fingerprint density at radius 1 is 1.16 bits per heavy atom. The zero-order valence-electron chi connectivity index (χ0n) is 16.5. The Hall–Kier alpha value is -2.69. The first-order valence-electron chi connectivity index (χ1n) is 9.21. The fourth-order valence-corrected chi connectivity index (χ4v) is 3.81. The van der Waals surface area contributed by atoms with E-state index in [2.05, 4.69) is 19.4 Å². The number of carbonyl (C=O) groups excluding carboxylic acids is 3. The third-order valence-electron chi connectivity index (χ3n) is 4.21. The van der Waals surface area contributed by atoms with Crippen molar-refractivity contribution in [1.29, 1.82) is 0 Å². The molecule has 0 fully saturated rings. The SMILES string of the molecule is CSCC[C@@H](NC(=O)c1ccc(Cl)cc1)C(=O)OCC(=O)Nc1cccc2nsnc12. The van der Waals surface area contributed by atoms with Crippen LogP contribution in [0.1, 0.15) is 16.8 Å². The monoisotopic (exact) mass is 478 g/mol. The van der Waals surface area contributed by atoms with Gasteiger partial charge in [0.2, 0.25) is 0 Å². The molecular weight excluding hydrogens is 460 g/mol. The Morgan fingerprint density at radius 2 is 1.94 bits per heavy atom. The molecule has 1 atom stereocenters. The van der Waals surface area contributed by atoms with Crippen LogP contribution < -0.4 is 10.6 Å². The van der Waals surface area contributed by atoms with Gasteiger partial charge in [0.25, 0.3) is 11.8 Å². The number of nitrogens with one attached hydrogen (secondary N) is 2. The molecule has 0 aliphatic rings. The molecule has 31 heavy (non-hydrogen) atoms. The second kappa shape index (κ2) is 11.1. The van der Waals surface area contributed by atoms with Gasteiger partial charge in [-0.2, -0.15) is 20.5 Å². The Labute approximate surface area is 192 Å². The maximum atomic E-state index is 12.5. The molecule has 8 nitrogen and oxygen atoms in total. The van der Waals surface area contributed by atoms with E-state index < -0.39 is 30.4 Å². The molecule has 0 saturated carbocycles. The highest BCUT2D eigenvalue weighted by molar-refractivity contribution is 7.98. The average Bonchev–Trinajstić information content (AvgIpc) is 3.25. The fourth-order valence-electron chi connectivity index (χ4n) is 2.66. The zero-order valence-corrected chi connectivity index (χ0v) is 18.9. The lowest BCUT2D eigenvalue weighted by molar-refractivity contribution is -0.149. The molecule has 2 aromatic carbocycles. The number of fused-ring (bicyclic) bond motifs is 1. The van der Waals surface area contributed by atoms with Crippen molar-refractivity contribution in [2.75, 3.05) is 23.9 Å². The van der Waals surface area contributed by atoms with Crippen molar-refractivity contribution in [3.8, 4) is 0 Å². The summed E-state index contributed by atoms with van der Waals surface area (Å²) in [6, 6.07) is 10.7. The van der Waals surface area contributed by atoms with Crippen LogP contribution in [0.2, 0.25) is 5.02 Å². The number of hydrogen-bond donors (Lipinski definition) is 2. The molecule has 0 saturated heterocycles. The van der Waals surface area contributed by atoms with Crippen LogP contribution in [0, 0.1) is 0 Å². The lowest BCUT2D eigenvalue weighted by Crippen LogP contribution is -2.43. The first-order chi connectivity index (χ1) is 15.0. The third-order valence-corrected chi connectivity index (χ3v) is 5.65. The molecule has 3 rings (SSSR count). The Balaban J connectivity index is 1.58. The van der Waals surface area contributed by atoms with Gasteiger partial charge in [0, 0.05) is 10.6 Å². The Morgan fingerprint density at radius 3 is 2.68 bits per heavy atom. The largest absolute Gasteiger partial charge is 0.454 e. The molecule has 11 heteroatoms. The predicted molar refractivity (Wildman–Crippen MR) is 123 cm³/mol. The molecule has 2 amide bonds. The first-order valence-corrected chi connectivity index (χ1v) is 11.7. The minimum Gasteiger partial charge on any atom is -0.454 e. The maximum Gasteiger partial charge on any atom is 0.329 e. The second-order valence-corrected chi connectivity index (χ2v) is 8.36. The summed E-state index contributed by atoms with van der Waals surface area (Å²) < 4.78 is 13.4. The number of thioether (sulfide) groups is 1. The van der Waals surface area contributed by atoms with Crippen LogP contribution in [-0.4, -0.2) is 51.2 Å². The quantitative estimate of drug-likeness (QED) is 0.453. The molecule has 3 aromatic rings. The highest BCUT2D eigenvalue weighted by Gasteiger charge is 2.23. The summed E-state index contributed by atoms with van der Waals surface area (Å²) in [5.74, 6) is -0.987. The standard InChI is InChI=1S/C20H19ClN4O4S2/c1-30-10-9-16(23-19(27)12-5-7-13(21)8-6-12)20(28)29-11-17(26)22-14-3-2-4-15-18(14)25-31-24-15/h2-8,16H,9-11H2,1H3,(H,22,26)(H,23,27)/t16-/m1/s1. The van der Waals surface area contributed by atoms with Crippen LogP contribution in [0.25, 0.3) is 11.0 Å². The number of amides is 2. The number of benzene rings is 2. The maximum absolute atomic E-state index is 12.5. The number of hydrogen-bond acceptors (Lipinski definition) is 8. The summed E-state index contributed by atoms with van der Waals surface area (Å²) in [5.41, 5.74) is 2.10. The summed E-state index contributed by atoms with van der Waals surface area (Å²) in [5, 5.41) is 5.83. The third kappa shape index (κ3) is 6.39. The number of ether oxygens (including phenoxy) is 1. The van der Waals surface area contributed by atoms with E-state index >= 15 is 0 Å². The van der Waals surface area contributed by atoms with Crippen LogP contribution >= 0.6 is 35.1 Å². The van der Waals surface area contributed by atoms with Gasteiger partial charge in [-0.05, 0) is 54.8 Å². The summed E-state index contributed by atoms with van der Waals surface area (Å²) in [7, 11) is 0. The van der Waals surface area contributed by atoms with Gasteiger partial charge in [-0.1, -0.05) is 17.7 Å². The lowest BCUT2D eigenvalue weighted by Gasteiger charge is -2.17. The van der Waals surface area contributed by atoms with E-state index in [0.29, 0.717) is 39.5 Å². The summed E-state index contributed by atoms with van der Waals surface area (Å²) >= 11 is 8.42. The van der Waals surface area contributed by atoms with E-state index in [9.17, 15) is 14.4 Å². The van der Waals surface area contributed by atoms with Crippen molar-refractivity contribution in [3.63, 3.8) is 0 Å². The normalized spacial score (nSPS) is 11.7. The van der Waals surface area contributed by atoms with Crippen LogP contribution in [0.4, 0.5) is 5.69 Å². The molecule has 0 unspecified atom stereocenters. The van der Waals surface area contributed by atoms with Crippen molar-refractivity contribution in [1.82, 2.24) is 14.1 Å². The average molecular weight is 479 g/mol. The molecule has 0 aliphatic heterocycles. The van der Waals surface area contributed by atoms with Crippen molar-refractivity contribution >= 4 is 69.6 Å². The van der Waals surface area contributed by atoms with Crippen LogP contribution in [0.3, 0.4) is 0 Å². The van der Waals surface area contributed by atoms with E-state index in [1.54, 1.807) is 42.5 Å². The summed E-state index contributed by atoms with van der Waals surface area (Å²) in [6.07, 6.45) is 2.26. The fraction of sp³-hybridized carbons (Fsp3) is 0.250. The molecule has 0 radical (unpaired) electrons. The first kappa shape index (κ1) is 23.0. The number of anilines is 1. The summed E-state index contributed by atoms with van der Waals surface area (Å²) in [6.45, 7) is -0.487. The van der Waals surface area contributed by atoms with Crippen molar-refractivity contribution in [2.45, 2.75) is 12.5 Å². The predicted octanol–water partition coefficient (Wildman–Crippen LogP) is 3.38. The van der Waals surface area contributed by atoms with Gasteiger partial charge in [-0.25, -0.2) is 4.79 Å². The molecule has 162 valence electrons. The number of esters is 1. The number of halogens is 1. The highest BCUT2D eigenvalue weighted by Crippen LogP contribution is 2.21. The lowest BCUT2D eigenvalue weighted by atomic mass is 10.1. The number of carbonyl (C=O) groups is 3. The topological polar surface area (TPSA) is 110 Å². The van der Waals surface area contributed by atoms with E-state index in [1.165, 1.54) is 11.8 Å². The smallest absolute Gasteiger partial charge is 0.329 e. The molecule has 2 N–H and O–H groups in total. The van der Waals surface area contributed by atoms with E-state index in [1.807, 2.05) is 6.26 Å². The van der Waals surface area contributed by atoms with Gasteiger partial charge in [0.15, 0.2) is 6.61 Å². The van der Waals surface area contributed by atoms with Gasteiger partial charge in [0.05, 0.1) is 17.4 Å². The van der Waals surface area contributed by atoms with Crippen LogP contribution in [-0.2, 0) is 14.3 Å². The van der Waals surface area contributed by atoms with E-state index in [-0.39, 0.29) is 0 Å². The van der Waals surface area contributed by atoms with Gasteiger partial charge >= 0.3 is 5.97 Å². The molecule has 0 bridgehead atoms. The van der Waals surface area contributed by atoms with Crippen molar-refractivity contribution in [3.05, 3.63) is 53.1 Å². The minimum atomic E-state index is -0.880. The second-order valence-electron chi connectivity index (χ2n) is 6.41. The Bertz CT molecular complexity index is 1070. The van der Waals surface area contributed by atoms with Crippen molar-refractivity contribution in [2.24, 2.45) is 0 Å². The molecular formula is C20H19ClN4O4S2. The number of aromatic nitrogens is 2. The summed E-state index contributed by atoms with van der Waals surface area (Å²) in [4.78, 5) is 37.2. The minimum absolute atomic E-state index is 0.366. The number of rotatable bonds is 9. The van der Waals surface area contributed by atoms with Crippen LogP contribution in [0.5, 0.6) is 0 Å². The molecule has 1 aromatic heterocycles. The van der Waals surface area contributed by atoms with Gasteiger partial charge < -0.3 is 15.4 Å². The molecule has 0 spiro atoms.